The Bertz CT molecular complexity index is 1010. The predicted molar refractivity (Wildman–Crippen MR) is 98.9 cm³/mol. The first-order valence-corrected chi connectivity index (χ1v) is 9.06. The van der Waals surface area contributed by atoms with Crippen LogP contribution in [0.1, 0.15) is 23.8 Å². The van der Waals surface area contributed by atoms with Gasteiger partial charge in [0.1, 0.15) is 5.82 Å². The Morgan fingerprint density at radius 3 is 2.85 bits per heavy atom. The Labute approximate surface area is 164 Å². The lowest BCUT2D eigenvalue weighted by Crippen LogP contribution is -2.24. The quantitative estimate of drug-likeness (QED) is 0.631. The zero-order chi connectivity index (χ0) is 19.0. The van der Waals surface area contributed by atoms with Crippen molar-refractivity contribution in [1.82, 2.24) is 15.0 Å². The second-order valence-corrected chi connectivity index (χ2v) is 7.23. The molecule has 1 aromatic heterocycles. The molecule has 2 heterocycles. The van der Waals surface area contributed by atoms with Crippen molar-refractivity contribution in [2.45, 2.75) is 18.9 Å². The Morgan fingerprint density at radius 2 is 2.07 bits per heavy atom. The number of carbonyl (C=O) groups excluding carboxylic acids is 1. The summed E-state index contributed by atoms with van der Waals surface area (Å²) < 4.78 is 18.7. The third-order valence-corrected chi connectivity index (χ3v) is 4.97. The molecular formula is C19H14Cl2FN3O2. The summed E-state index contributed by atoms with van der Waals surface area (Å²) in [5.74, 6) is 0.156. The van der Waals surface area contributed by atoms with Gasteiger partial charge in [0.15, 0.2) is 0 Å². The van der Waals surface area contributed by atoms with Crippen molar-refractivity contribution in [2.24, 2.45) is 0 Å². The van der Waals surface area contributed by atoms with Crippen molar-refractivity contribution in [3.05, 3.63) is 69.8 Å². The van der Waals surface area contributed by atoms with Crippen LogP contribution in [0.25, 0.3) is 11.4 Å². The van der Waals surface area contributed by atoms with Crippen molar-refractivity contribution in [3.63, 3.8) is 0 Å². The lowest BCUT2D eigenvalue weighted by atomic mass is 10.1. The topological polar surface area (TPSA) is 59.2 Å². The molecule has 0 bridgehead atoms. The molecule has 0 aliphatic carbocycles. The predicted octanol–water partition coefficient (Wildman–Crippen LogP) is 4.70. The summed E-state index contributed by atoms with van der Waals surface area (Å²) in [4.78, 5) is 18.4. The van der Waals surface area contributed by atoms with Crippen LogP contribution in [0.4, 0.5) is 4.39 Å². The number of likely N-dealkylation sites (tertiary alicyclic amines) is 1. The van der Waals surface area contributed by atoms with Gasteiger partial charge in [0.25, 0.3) is 0 Å². The van der Waals surface area contributed by atoms with E-state index in [9.17, 15) is 9.18 Å². The van der Waals surface area contributed by atoms with Crippen molar-refractivity contribution >= 4 is 29.1 Å². The molecule has 3 aromatic rings. The van der Waals surface area contributed by atoms with Crippen molar-refractivity contribution in [1.29, 1.82) is 0 Å². The van der Waals surface area contributed by atoms with E-state index in [0.717, 1.165) is 11.1 Å². The van der Waals surface area contributed by atoms with Crippen molar-refractivity contribution < 1.29 is 13.7 Å². The molecule has 8 heteroatoms. The molecule has 27 heavy (non-hydrogen) atoms. The number of halogens is 3. The lowest BCUT2D eigenvalue weighted by Gasteiger charge is -2.16. The maximum atomic E-state index is 13.3. The molecule has 1 aliphatic rings. The summed E-state index contributed by atoms with van der Waals surface area (Å²) in [6.07, 6.45) is 0.284. The van der Waals surface area contributed by atoms with E-state index in [1.807, 2.05) is 12.1 Å². The van der Waals surface area contributed by atoms with E-state index >= 15 is 0 Å². The second-order valence-electron chi connectivity index (χ2n) is 6.39. The number of benzene rings is 2. The van der Waals surface area contributed by atoms with Gasteiger partial charge in [-0.1, -0.05) is 46.6 Å². The van der Waals surface area contributed by atoms with Crippen LogP contribution >= 0.6 is 23.2 Å². The molecule has 0 spiro atoms. The van der Waals surface area contributed by atoms with Gasteiger partial charge in [0.2, 0.25) is 17.6 Å². The Morgan fingerprint density at radius 1 is 1.22 bits per heavy atom. The molecule has 5 nitrogen and oxygen atoms in total. The SMILES string of the molecule is O=C1CC(c2nc(-c3cccc(Cl)c3)no2)CN1Cc1ccc(F)c(Cl)c1. The van der Waals surface area contributed by atoms with Gasteiger partial charge in [0.05, 0.1) is 10.9 Å². The highest BCUT2D eigenvalue weighted by atomic mass is 35.5. The van der Waals surface area contributed by atoms with Gasteiger partial charge >= 0.3 is 0 Å². The molecule has 1 aliphatic heterocycles. The average molecular weight is 406 g/mol. The van der Waals surface area contributed by atoms with Gasteiger partial charge in [-0.3, -0.25) is 4.79 Å². The molecule has 1 atom stereocenters. The fourth-order valence-corrected chi connectivity index (χ4v) is 3.49. The molecule has 138 valence electrons. The third kappa shape index (κ3) is 3.82. The number of hydrogen-bond donors (Lipinski definition) is 0. The molecule has 4 rings (SSSR count). The highest BCUT2D eigenvalue weighted by Crippen LogP contribution is 2.30. The molecule has 0 saturated carbocycles. The summed E-state index contributed by atoms with van der Waals surface area (Å²) in [6, 6.07) is 11.6. The molecular weight excluding hydrogens is 392 g/mol. The number of carbonyl (C=O) groups is 1. The summed E-state index contributed by atoms with van der Waals surface area (Å²) in [5.41, 5.74) is 1.51. The van der Waals surface area contributed by atoms with Crippen LogP contribution in [0.15, 0.2) is 47.0 Å². The number of aromatic nitrogens is 2. The zero-order valence-corrected chi connectivity index (χ0v) is 15.5. The average Bonchev–Trinajstić information content (AvgIpc) is 3.26. The molecule has 0 radical (unpaired) electrons. The zero-order valence-electron chi connectivity index (χ0n) is 14.0. The summed E-state index contributed by atoms with van der Waals surface area (Å²) >= 11 is 11.8. The van der Waals surface area contributed by atoms with Crippen LogP contribution in [0.2, 0.25) is 10.0 Å². The highest BCUT2D eigenvalue weighted by molar-refractivity contribution is 6.31. The molecule has 1 amide bonds. The van der Waals surface area contributed by atoms with Gasteiger partial charge in [-0.05, 0) is 29.8 Å². The van der Waals surface area contributed by atoms with E-state index < -0.39 is 5.82 Å². The van der Waals surface area contributed by atoms with Gasteiger partial charge in [0, 0.05) is 30.1 Å². The first-order chi connectivity index (χ1) is 13.0. The summed E-state index contributed by atoms with van der Waals surface area (Å²) in [6.45, 7) is 0.801. The van der Waals surface area contributed by atoms with E-state index in [-0.39, 0.29) is 23.3 Å². The molecule has 0 N–H and O–H groups in total. The minimum Gasteiger partial charge on any atom is -0.339 e. The molecule has 1 saturated heterocycles. The van der Waals surface area contributed by atoms with E-state index in [1.54, 1.807) is 23.1 Å². The summed E-state index contributed by atoms with van der Waals surface area (Å²) in [7, 11) is 0. The molecule has 1 unspecified atom stereocenters. The maximum absolute atomic E-state index is 13.3. The fourth-order valence-electron chi connectivity index (χ4n) is 3.09. The van der Waals surface area contributed by atoms with E-state index in [0.29, 0.717) is 29.8 Å². The third-order valence-electron chi connectivity index (χ3n) is 4.45. The highest BCUT2D eigenvalue weighted by Gasteiger charge is 2.34. The normalized spacial score (nSPS) is 16.9. The number of hydrogen-bond acceptors (Lipinski definition) is 4. The first kappa shape index (κ1) is 17.9. The Kier molecular flexibility index (Phi) is 4.85. The van der Waals surface area contributed by atoms with Crippen molar-refractivity contribution in [2.75, 3.05) is 6.54 Å². The standard InChI is InChI=1S/C19H14Cl2FN3O2/c20-14-3-1-2-12(7-14)18-23-19(27-24-18)13-8-17(26)25(10-13)9-11-4-5-16(22)15(21)6-11/h1-7,13H,8-10H2. The van der Waals surface area contributed by atoms with Gasteiger partial charge in [-0.2, -0.15) is 4.98 Å². The van der Waals surface area contributed by atoms with Crippen LogP contribution in [-0.4, -0.2) is 27.5 Å². The maximum Gasteiger partial charge on any atom is 0.232 e. The minimum atomic E-state index is -0.481. The van der Waals surface area contributed by atoms with E-state index in [4.69, 9.17) is 27.7 Å². The largest absolute Gasteiger partial charge is 0.339 e. The Hall–Kier alpha value is -2.44. The first-order valence-electron chi connectivity index (χ1n) is 8.31. The molecule has 2 aromatic carbocycles. The molecule has 1 fully saturated rings. The number of amides is 1. The van der Waals surface area contributed by atoms with Crippen molar-refractivity contribution in [3.8, 4) is 11.4 Å². The van der Waals surface area contributed by atoms with E-state index in [1.165, 1.54) is 12.1 Å². The summed E-state index contributed by atoms with van der Waals surface area (Å²) in [5, 5.41) is 4.62. The van der Waals surface area contributed by atoms with Crippen LogP contribution < -0.4 is 0 Å². The minimum absolute atomic E-state index is 0.0250. The van der Waals surface area contributed by atoms with Gasteiger partial charge in [-0.25, -0.2) is 4.39 Å². The fraction of sp³-hybridized carbons (Fsp3) is 0.211. The van der Waals surface area contributed by atoms with Gasteiger partial charge in [-0.15, -0.1) is 0 Å². The van der Waals surface area contributed by atoms with E-state index in [2.05, 4.69) is 10.1 Å². The second kappa shape index (κ2) is 7.29. The van der Waals surface area contributed by atoms with Gasteiger partial charge < -0.3 is 9.42 Å². The Balaban J connectivity index is 1.48. The lowest BCUT2D eigenvalue weighted by molar-refractivity contribution is -0.128. The monoisotopic (exact) mass is 405 g/mol. The van der Waals surface area contributed by atoms with Crippen LogP contribution in [0.3, 0.4) is 0 Å². The number of nitrogens with zero attached hydrogens (tertiary/aromatic N) is 3. The van der Waals surface area contributed by atoms with Crippen LogP contribution in [0.5, 0.6) is 0 Å². The van der Waals surface area contributed by atoms with Crippen LogP contribution in [0, 0.1) is 5.82 Å². The number of rotatable bonds is 4. The van der Waals surface area contributed by atoms with Crippen LogP contribution in [-0.2, 0) is 11.3 Å². The smallest absolute Gasteiger partial charge is 0.232 e.